The van der Waals surface area contributed by atoms with E-state index in [4.69, 9.17) is 0 Å². The van der Waals surface area contributed by atoms with Crippen LogP contribution in [-0.2, 0) is 4.79 Å². The lowest BCUT2D eigenvalue weighted by Gasteiger charge is -2.18. The molecule has 1 amide bonds. The maximum Gasteiger partial charge on any atom is 0.251 e. The van der Waals surface area contributed by atoms with E-state index in [9.17, 15) is 9.59 Å². The van der Waals surface area contributed by atoms with Crippen LogP contribution in [0.25, 0.3) is 0 Å². The predicted octanol–water partition coefficient (Wildman–Crippen LogP) is 2.83. The van der Waals surface area contributed by atoms with Gasteiger partial charge in [-0.1, -0.05) is 48.2 Å². The van der Waals surface area contributed by atoms with E-state index in [0.29, 0.717) is 5.16 Å². The minimum atomic E-state index is -0.228. The second-order valence-electron chi connectivity index (χ2n) is 4.95. The second-order valence-corrected chi connectivity index (χ2v) is 6.90. The molecular weight excluding hydrogens is 342 g/mol. The zero-order valence-electron chi connectivity index (χ0n) is 12.6. The molecule has 0 fully saturated rings. The summed E-state index contributed by atoms with van der Waals surface area (Å²) < 4.78 is 0. The Bertz CT molecular complexity index is 848. The first-order chi connectivity index (χ1) is 11.7. The van der Waals surface area contributed by atoms with E-state index >= 15 is 0 Å². The van der Waals surface area contributed by atoms with Crippen LogP contribution in [0.3, 0.4) is 0 Å². The van der Waals surface area contributed by atoms with Crippen molar-refractivity contribution in [1.82, 2.24) is 15.3 Å². The van der Waals surface area contributed by atoms with Crippen molar-refractivity contribution in [2.45, 2.75) is 11.2 Å². The van der Waals surface area contributed by atoms with E-state index in [2.05, 4.69) is 15.3 Å². The molecule has 0 saturated heterocycles. The zero-order valence-corrected chi connectivity index (χ0v) is 14.3. The van der Waals surface area contributed by atoms with Gasteiger partial charge in [0.05, 0.1) is 11.8 Å². The number of thiophene rings is 1. The Morgan fingerprint density at radius 3 is 2.75 bits per heavy atom. The van der Waals surface area contributed by atoms with Crippen LogP contribution in [-0.4, -0.2) is 21.6 Å². The summed E-state index contributed by atoms with van der Waals surface area (Å²) >= 11 is 2.80. The van der Waals surface area contributed by atoms with Crippen LogP contribution in [0.1, 0.15) is 16.5 Å². The minimum absolute atomic E-state index is 0.117. The summed E-state index contributed by atoms with van der Waals surface area (Å²) in [6, 6.07) is 15.0. The number of hydrogen-bond donors (Lipinski definition) is 2. The van der Waals surface area contributed by atoms with Crippen LogP contribution >= 0.6 is 23.1 Å². The molecule has 5 nitrogen and oxygen atoms in total. The maximum absolute atomic E-state index is 12.3. The third-order valence-corrected chi connectivity index (χ3v) is 5.08. The summed E-state index contributed by atoms with van der Waals surface area (Å²) in [5.41, 5.74) is 0.804. The molecule has 0 aliphatic heterocycles. The number of rotatable bonds is 6. The molecule has 7 heteroatoms. The fourth-order valence-electron chi connectivity index (χ4n) is 2.18. The average Bonchev–Trinajstić information content (AvgIpc) is 3.13. The van der Waals surface area contributed by atoms with Crippen molar-refractivity contribution in [3.63, 3.8) is 0 Å². The lowest BCUT2D eigenvalue weighted by molar-refractivity contribution is -0.119. The fraction of sp³-hybridized carbons (Fsp3) is 0.118. The molecule has 3 aromatic rings. The van der Waals surface area contributed by atoms with Crippen LogP contribution in [0.2, 0.25) is 0 Å². The lowest BCUT2D eigenvalue weighted by atomic mass is 10.1. The summed E-state index contributed by atoms with van der Waals surface area (Å²) in [5, 5.41) is 5.48. The Kier molecular flexibility index (Phi) is 5.45. The Morgan fingerprint density at radius 1 is 1.21 bits per heavy atom. The number of aromatic nitrogens is 2. The van der Waals surface area contributed by atoms with Crippen molar-refractivity contribution in [3.05, 3.63) is 80.9 Å². The largest absolute Gasteiger partial charge is 0.344 e. The molecular formula is C17H15N3O2S2. The highest BCUT2D eigenvalue weighted by atomic mass is 32.2. The van der Waals surface area contributed by atoms with E-state index in [1.807, 2.05) is 47.8 Å². The van der Waals surface area contributed by atoms with Crippen molar-refractivity contribution in [3.8, 4) is 0 Å². The highest BCUT2D eigenvalue weighted by molar-refractivity contribution is 7.99. The standard InChI is InChI=1S/C17H15N3O2S2/c21-14-8-9-18-17(20-14)24-11-15(22)19-16(13-7-4-10-23-13)12-5-2-1-3-6-12/h1-10,16H,11H2,(H,19,22)(H,18,20,21)/t16-/m1/s1. The van der Waals surface area contributed by atoms with Crippen LogP contribution < -0.4 is 10.9 Å². The molecule has 2 aromatic heterocycles. The first kappa shape index (κ1) is 16.5. The Labute approximate surface area is 147 Å². The predicted molar refractivity (Wildman–Crippen MR) is 96.3 cm³/mol. The number of benzene rings is 1. The minimum Gasteiger partial charge on any atom is -0.344 e. The molecule has 24 heavy (non-hydrogen) atoms. The highest BCUT2D eigenvalue weighted by Gasteiger charge is 2.17. The summed E-state index contributed by atoms with van der Waals surface area (Å²) in [6.45, 7) is 0. The van der Waals surface area contributed by atoms with Gasteiger partial charge >= 0.3 is 0 Å². The Balaban J connectivity index is 1.69. The fourth-order valence-corrected chi connectivity index (χ4v) is 3.64. The number of carbonyl (C=O) groups excluding carboxylic acids is 1. The molecule has 3 rings (SSSR count). The molecule has 0 aliphatic carbocycles. The van der Waals surface area contributed by atoms with Gasteiger partial charge in [0.1, 0.15) is 0 Å². The summed E-state index contributed by atoms with van der Waals surface area (Å²) in [7, 11) is 0. The number of hydrogen-bond acceptors (Lipinski definition) is 5. The zero-order chi connectivity index (χ0) is 16.8. The first-order valence-electron chi connectivity index (χ1n) is 7.28. The number of amides is 1. The van der Waals surface area contributed by atoms with Gasteiger partial charge < -0.3 is 10.3 Å². The van der Waals surface area contributed by atoms with Crippen molar-refractivity contribution < 1.29 is 4.79 Å². The molecule has 1 aromatic carbocycles. The third-order valence-electron chi connectivity index (χ3n) is 3.25. The van der Waals surface area contributed by atoms with Gasteiger partial charge in [-0.3, -0.25) is 9.59 Å². The van der Waals surface area contributed by atoms with Crippen LogP contribution in [0.4, 0.5) is 0 Å². The Morgan fingerprint density at radius 2 is 2.04 bits per heavy atom. The van der Waals surface area contributed by atoms with E-state index in [0.717, 1.165) is 10.4 Å². The van der Waals surface area contributed by atoms with Crippen molar-refractivity contribution in [1.29, 1.82) is 0 Å². The monoisotopic (exact) mass is 357 g/mol. The van der Waals surface area contributed by atoms with E-state index in [1.165, 1.54) is 24.0 Å². The molecule has 122 valence electrons. The molecule has 0 bridgehead atoms. The van der Waals surface area contributed by atoms with Crippen molar-refractivity contribution >= 4 is 29.0 Å². The van der Waals surface area contributed by atoms with Crippen molar-refractivity contribution in [2.75, 3.05) is 5.75 Å². The normalized spacial score (nSPS) is 11.8. The first-order valence-corrected chi connectivity index (χ1v) is 9.15. The molecule has 2 heterocycles. The summed E-state index contributed by atoms with van der Waals surface area (Å²) in [6.07, 6.45) is 1.43. The molecule has 0 saturated carbocycles. The quantitative estimate of drug-likeness (QED) is 0.525. The van der Waals surface area contributed by atoms with Crippen LogP contribution in [0.15, 0.2) is 70.1 Å². The van der Waals surface area contributed by atoms with Gasteiger partial charge in [0, 0.05) is 17.1 Å². The molecule has 0 spiro atoms. The number of H-pyrrole nitrogens is 1. The maximum atomic E-state index is 12.3. The molecule has 2 N–H and O–H groups in total. The van der Waals surface area contributed by atoms with Gasteiger partial charge in [-0.25, -0.2) is 4.98 Å². The number of aromatic amines is 1. The summed E-state index contributed by atoms with van der Waals surface area (Å²) in [5.74, 6) is 0.0653. The third kappa shape index (κ3) is 4.33. The van der Waals surface area contributed by atoms with Gasteiger partial charge in [-0.2, -0.15) is 0 Å². The van der Waals surface area contributed by atoms with E-state index < -0.39 is 0 Å². The average molecular weight is 357 g/mol. The number of carbonyl (C=O) groups is 1. The molecule has 0 radical (unpaired) electrons. The van der Waals surface area contributed by atoms with Gasteiger partial charge in [-0.15, -0.1) is 11.3 Å². The molecule has 0 unspecified atom stereocenters. The van der Waals surface area contributed by atoms with E-state index in [1.54, 1.807) is 11.3 Å². The van der Waals surface area contributed by atoms with Crippen LogP contribution in [0.5, 0.6) is 0 Å². The second kappa shape index (κ2) is 7.94. The summed E-state index contributed by atoms with van der Waals surface area (Å²) in [4.78, 5) is 31.3. The van der Waals surface area contributed by atoms with E-state index in [-0.39, 0.29) is 23.3 Å². The van der Waals surface area contributed by atoms with Gasteiger partial charge in [-0.05, 0) is 17.0 Å². The topological polar surface area (TPSA) is 74.8 Å². The van der Waals surface area contributed by atoms with Gasteiger partial charge in [0.25, 0.3) is 5.56 Å². The molecule has 0 aliphatic rings. The smallest absolute Gasteiger partial charge is 0.251 e. The lowest BCUT2D eigenvalue weighted by Crippen LogP contribution is -2.30. The SMILES string of the molecule is O=C(CSc1nccc(=O)[nH]1)N[C@H](c1ccccc1)c1cccs1. The highest BCUT2D eigenvalue weighted by Crippen LogP contribution is 2.26. The van der Waals surface area contributed by atoms with Gasteiger partial charge in [0.15, 0.2) is 5.16 Å². The number of nitrogens with one attached hydrogen (secondary N) is 2. The van der Waals surface area contributed by atoms with Gasteiger partial charge in [0.2, 0.25) is 5.91 Å². The number of thioether (sulfide) groups is 1. The molecule has 1 atom stereocenters. The number of nitrogens with zero attached hydrogens (tertiary/aromatic N) is 1. The Hall–Kier alpha value is -2.38. The van der Waals surface area contributed by atoms with Crippen molar-refractivity contribution in [2.24, 2.45) is 0 Å². The van der Waals surface area contributed by atoms with Crippen LogP contribution in [0, 0.1) is 0 Å².